The zero-order chi connectivity index (χ0) is 33.1. The second kappa shape index (κ2) is 11.4. The van der Waals surface area contributed by atoms with Crippen LogP contribution in [-0.4, -0.2) is 11.5 Å². The van der Waals surface area contributed by atoms with Gasteiger partial charge in [-0.3, -0.25) is 0 Å². The van der Waals surface area contributed by atoms with Crippen molar-refractivity contribution in [3.63, 3.8) is 0 Å². The Bertz CT molecular complexity index is 2510. The molecule has 0 radical (unpaired) electrons. The number of nitrogens with zero attached hydrogens (tertiary/aromatic N) is 2. The summed E-state index contributed by atoms with van der Waals surface area (Å²) in [6.07, 6.45) is 2.89. The molecule has 10 rings (SSSR count). The number of allylic oxidation sites excluding steroid dienone is 1. The number of benzene rings is 7. The van der Waals surface area contributed by atoms with Crippen LogP contribution in [0.1, 0.15) is 45.4 Å². The summed E-state index contributed by atoms with van der Waals surface area (Å²) in [7, 11) is 0. The van der Waals surface area contributed by atoms with Gasteiger partial charge in [-0.05, 0) is 72.8 Å². The number of rotatable bonds is 4. The molecule has 7 aromatic rings. The molecule has 0 unspecified atom stereocenters. The lowest BCUT2D eigenvalue weighted by molar-refractivity contribution is 0.794. The molecule has 0 bridgehead atoms. The van der Waals surface area contributed by atoms with Crippen LogP contribution in [0.5, 0.6) is 0 Å². The lowest BCUT2D eigenvalue weighted by Gasteiger charge is -2.30. The van der Waals surface area contributed by atoms with E-state index in [9.17, 15) is 0 Å². The first-order chi connectivity index (χ1) is 24.8. The third-order valence-corrected chi connectivity index (χ3v) is 10.6. The molecule has 0 saturated carbocycles. The second-order valence-corrected chi connectivity index (χ2v) is 13.2. The summed E-state index contributed by atoms with van der Waals surface area (Å²) in [5, 5.41) is 0. The monoisotopic (exact) mass is 636 g/mol. The molecule has 1 aliphatic heterocycles. The lowest BCUT2D eigenvalue weighted by atomic mass is 9.70. The third kappa shape index (κ3) is 4.22. The Morgan fingerprint density at radius 1 is 0.380 bits per heavy atom. The molecule has 2 heteroatoms. The number of amidine groups is 1. The van der Waals surface area contributed by atoms with Crippen molar-refractivity contribution in [2.24, 2.45) is 9.98 Å². The highest BCUT2D eigenvalue weighted by atomic mass is 14.9. The fraction of sp³-hybridized carbons (Fsp3) is 0.0417. The number of hydrogen-bond acceptors (Lipinski definition) is 2. The fourth-order valence-electron chi connectivity index (χ4n) is 8.49. The summed E-state index contributed by atoms with van der Waals surface area (Å²) in [5.41, 5.74) is 17.9. The van der Waals surface area contributed by atoms with Gasteiger partial charge >= 0.3 is 0 Å². The van der Waals surface area contributed by atoms with Crippen LogP contribution >= 0.6 is 0 Å². The Morgan fingerprint density at radius 2 is 0.880 bits per heavy atom. The molecule has 0 saturated heterocycles. The van der Waals surface area contributed by atoms with E-state index in [0.717, 1.165) is 33.9 Å². The van der Waals surface area contributed by atoms with Crippen molar-refractivity contribution in [1.82, 2.24) is 0 Å². The maximum atomic E-state index is 5.26. The van der Waals surface area contributed by atoms with Gasteiger partial charge in [-0.25, -0.2) is 9.98 Å². The van der Waals surface area contributed by atoms with Crippen molar-refractivity contribution < 1.29 is 0 Å². The molecular weight excluding hydrogens is 605 g/mol. The number of hydrogen-bond donors (Lipinski definition) is 0. The number of aliphatic imine (C=N–C) groups is 2. The van der Waals surface area contributed by atoms with Crippen molar-refractivity contribution in [3.05, 3.63) is 221 Å². The average Bonchev–Trinajstić information content (AvgIpc) is 3.54. The fourth-order valence-corrected chi connectivity index (χ4v) is 8.49. The van der Waals surface area contributed by atoms with E-state index in [1.165, 1.54) is 55.6 Å². The van der Waals surface area contributed by atoms with E-state index in [4.69, 9.17) is 9.98 Å². The molecule has 0 aromatic heterocycles. The second-order valence-electron chi connectivity index (χ2n) is 13.2. The van der Waals surface area contributed by atoms with Crippen LogP contribution in [0.25, 0.3) is 39.1 Å². The smallest absolute Gasteiger partial charge is 0.160 e. The average molecular weight is 637 g/mol. The minimum absolute atomic E-state index is 0.363. The first kappa shape index (κ1) is 28.6. The topological polar surface area (TPSA) is 24.7 Å². The van der Waals surface area contributed by atoms with Gasteiger partial charge in [-0.15, -0.1) is 0 Å². The highest BCUT2D eigenvalue weighted by Crippen LogP contribution is 2.63. The minimum atomic E-state index is -0.363. The van der Waals surface area contributed by atoms with Gasteiger partial charge in [0.2, 0.25) is 0 Å². The summed E-state index contributed by atoms with van der Waals surface area (Å²) < 4.78 is 0. The van der Waals surface area contributed by atoms with Gasteiger partial charge in [0.05, 0.1) is 16.8 Å². The maximum absolute atomic E-state index is 5.26. The van der Waals surface area contributed by atoms with Gasteiger partial charge in [-0.1, -0.05) is 176 Å². The molecule has 0 amide bonds. The van der Waals surface area contributed by atoms with Crippen molar-refractivity contribution in [2.75, 3.05) is 0 Å². The molecule has 1 spiro atoms. The van der Waals surface area contributed by atoms with E-state index in [1.807, 2.05) is 24.3 Å². The van der Waals surface area contributed by atoms with Crippen molar-refractivity contribution in [1.29, 1.82) is 0 Å². The Kier molecular flexibility index (Phi) is 6.50. The standard InChI is InChI=1S/C48H32N2/c1-3-15-32(16-4-1)44-29-30-45(50-47(49-44)33-17-5-2-6-18-33)35-20-13-19-34(31-35)36-24-14-28-43-46(36)39-23-9-12-27-42(39)48(43)40-25-10-7-21-37(40)38-22-8-11-26-41(38)48/h1-29,31H,30H2. The summed E-state index contributed by atoms with van der Waals surface area (Å²) in [6, 6.07) is 63.5. The molecule has 0 fully saturated rings. The normalized spacial score (nSPS) is 14.8. The Labute approximate surface area is 292 Å². The van der Waals surface area contributed by atoms with E-state index >= 15 is 0 Å². The highest BCUT2D eigenvalue weighted by Gasteiger charge is 2.51. The number of fused-ring (bicyclic) bond motifs is 10. The van der Waals surface area contributed by atoms with E-state index in [2.05, 4.69) is 158 Å². The first-order valence-electron chi connectivity index (χ1n) is 17.3. The van der Waals surface area contributed by atoms with Crippen LogP contribution < -0.4 is 0 Å². The van der Waals surface area contributed by atoms with Gasteiger partial charge in [0.1, 0.15) is 0 Å². The largest absolute Gasteiger partial charge is 0.232 e. The van der Waals surface area contributed by atoms with E-state index in [-0.39, 0.29) is 5.41 Å². The highest BCUT2D eigenvalue weighted by molar-refractivity contribution is 6.15. The molecule has 50 heavy (non-hydrogen) atoms. The minimum Gasteiger partial charge on any atom is -0.232 e. The molecule has 3 aliphatic rings. The molecule has 2 aliphatic carbocycles. The summed E-state index contributed by atoms with van der Waals surface area (Å²) in [4.78, 5) is 10.4. The Balaban J connectivity index is 1.15. The van der Waals surface area contributed by atoms with Gasteiger partial charge in [0, 0.05) is 12.0 Å². The van der Waals surface area contributed by atoms with Crippen LogP contribution in [0.3, 0.4) is 0 Å². The van der Waals surface area contributed by atoms with Crippen molar-refractivity contribution >= 4 is 17.2 Å². The van der Waals surface area contributed by atoms with E-state index in [1.54, 1.807) is 0 Å². The molecule has 234 valence electrons. The van der Waals surface area contributed by atoms with Gasteiger partial charge < -0.3 is 0 Å². The zero-order valence-corrected chi connectivity index (χ0v) is 27.4. The predicted octanol–water partition coefficient (Wildman–Crippen LogP) is 11.4. The van der Waals surface area contributed by atoms with Crippen molar-refractivity contribution in [2.45, 2.75) is 11.8 Å². The van der Waals surface area contributed by atoms with Gasteiger partial charge in [-0.2, -0.15) is 0 Å². The SMILES string of the molecule is C1=C(c2ccccc2)N=C(c2ccccc2)N=C(c2cccc(-c3cccc4c3-c3ccccc3C43c4ccccc4-c4ccccc43)c2)C1. The maximum Gasteiger partial charge on any atom is 0.160 e. The Morgan fingerprint density at radius 3 is 1.58 bits per heavy atom. The van der Waals surface area contributed by atoms with Gasteiger partial charge in [0.15, 0.2) is 5.84 Å². The van der Waals surface area contributed by atoms with Crippen LogP contribution in [0, 0.1) is 0 Å². The molecule has 7 aromatic carbocycles. The predicted molar refractivity (Wildman–Crippen MR) is 207 cm³/mol. The Hall–Kier alpha value is -6.38. The first-order valence-corrected chi connectivity index (χ1v) is 17.3. The summed E-state index contributed by atoms with van der Waals surface area (Å²) >= 11 is 0. The van der Waals surface area contributed by atoms with Gasteiger partial charge in [0.25, 0.3) is 0 Å². The molecule has 1 heterocycles. The van der Waals surface area contributed by atoms with Crippen LogP contribution in [0.2, 0.25) is 0 Å². The van der Waals surface area contributed by atoms with E-state index in [0.29, 0.717) is 6.42 Å². The van der Waals surface area contributed by atoms with Crippen LogP contribution in [0.4, 0.5) is 0 Å². The van der Waals surface area contributed by atoms with E-state index < -0.39 is 0 Å². The summed E-state index contributed by atoms with van der Waals surface area (Å²) in [5.74, 6) is 0.730. The molecular formula is C48H32N2. The molecule has 2 nitrogen and oxygen atoms in total. The van der Waals surface area contributed by atoms with Crippen LogP contribution in [-0.2, 0) is 5.41 Å². The summed E-state index contributed by atoms with van der Waals surface area (Å²) in [6.45, 7) is 0. The molecule has 0 N–H and O–H groups in total. The zero-order valence-electron chi connectivity index (χ0n) is 27.4. The molecule has 0 atom stereocenters. The quantitative estimate of drug-likeness (QED) is 0.184. The van der Waals surface area contributed by atoms with Crippen LogP contribution in [0.15, 0.2) is 192 Å². The lowest BCUT2D eigenvalue weighted by Crippen LogP contribution is -2.25. The van der Waals surface area contributed by atoms with Crippen molar-refractivity contribution in [3.8, 4) is 33.4 Å². The third-order valence-electron chi connectivity index (χ3n) is 10.6.